The minimum absolute atomic E-state index is 0.304. The number of alkyl halides is 3. The zero-order valence-corrected chi connectivity index (χ0v) is 11.9. The molecular weight excluding hydrogens is 317 g/mol. The molecule has 10 heteroatoms. The molecule has 1 amide bonds. The lowest BCUT2D eigenvalue weighted by atomic mass is 9.97. The molecule has 2 aromatic rings. The van der Waals surface area contributed by atoms with Gasteiger partial charge in [-0.25, -0.2) is 9.97 Å². The number of carbonyl (C=O) groups excluding carboxylic acids is 1. The number of aromatic nitrogens is 3. The summed E-state index contributed by atoms with van der Waals surface area (Å²) in [6, 6.07) is 2.59. The van der Waals surface area contributed by atoms with Crippen LogP contribution < -0.4 is 5.32 Å². The van der Waals surface area contributed by atoms with Gasteiger partial charge in [0.2, 0.25) is 11.5 Å². The number of carbonyl (C=O) groups is 1. The predicted molar refractivity (Wildman–Crippen MR) is 72.3 cm³/mol. The highest BCUT2D eigenvalue weighted by Gasteiger charge is 2.58. The maximum Gasteiger partial charge on any atom is 0.425 e. The number of rotatable bonds is 4. The Labute approximate surface area is 128 Å². The van der Waals surface area contributed by atoms with Gasteiger partial charge in [0.1, 0.15) is 0 Å². The first-order chi connectivity index (χ1) is 10.6. The average Bonchev–Trinajstić information content (AvgIpc) is 2.86. The third-order valence-electron chi connectivity index (χ3n) is 3.12. The van der Waals surface area contributed by atoms with Crippen molar-refractivity contribution in [1.82, 2.24) is 14.5 Å². The van der Waals surface area contributed by atoms with Gasteiger partial charge in [0, 0.05) is 25.6 Å². The van der Waals surface area contributed by atoms with E-state index in [4.69, 9.17) is 0 Å². The van der Waals surface area contributed by atoms with Gasteiger partial charge in [-0.1, -0.05) is 0 Å². The monoisotopic (exact) mass is 330 g/mol. The van der Waals surface area contributed by atoms with E-state index in [1.165, 1.54) is 31.6 Å². The highest BCUT2D eigenvalue weighted by molar-refractivity contribution is 5.91. The molecule has 0 bridgehead atoms. The molecule has 0 saturated carbocycles. The number of aliphatic hydroxyl groups is 1. The maximum atomic E-state index is 13.3. The molecule has 0 unspecified atom stereocenters. The number of imidazole rings is 1. The van der Waals surface area contributed by atoms with Crippen molar-refractivity contribution in [3.63, 3.8) is 0 Å². The van der Waals surface area contributed by atoms with Gasteiger partial charge in [0.15, 0.2) is 17.4 Å². The van der Waals surface area contributed by atoms with E-state index in [1.54, 1.807) is 0 Å². The molecule has 124 valence electrons. The lowest BCUT2D eigenvalue weighted by Crippen LogP contribution is -2.46. The Morgan fingerprint density at radius 2 is 2.04 bits per heavy atom. The molecule has 0 aliphatic rings. The second kappa shape index (κ2) is 5.88. The van der Waals surface area contributed by atoms with Crippen LogP contribution in [0.25, 0.3) is 0 Å². The van der Waals surface area contributed by atoms with Crippen molar-refractivity contribution >= 4 is 11.7 Å². The highest BCUT2D eigenvalue weighted by atomic mass is 19.4. The van der Waals surface area contributed by atoms with Gasteiger partial charge in [-0.2, -0.15) is 13.2 Å². The summed E-state index contributed by atoms with van der Waals surface area (Å²) in [5, 5.41) is 21.5. The summed E-state index contributed by atoms with van der Waals surface area (Å²) >= 11 is 0. The standard InChI is InChI=1S/C13H13F3N4O3/c1-20-6-5-18-11(20)12(23,13(14,15)16)7-9(22)19-10-8(21)3-2-4-17-10/h2-6,21,23H,7H2,1H3,(H,17,19,22)/t12-/m0/s1. The summed E-state index contributed by atoms with van der Waals surface area (Å²) in [5.41, 5.74) is -3.47. The van der Waals surface area contributed by atoms with Crippen molar-refractivity contribution in [2.45, 2.75) is 18.2 Å². The lowest BCUT2D eigenvalue weighted by Gasteiger charge is -2.29. The fraction of sp³-hybridized carbons (Fsp3) is 0.308. The molecule has 0 saturated heterocycles. The minimum Gasteiger partial charge on any atom is -0.504 e. The van der Waals surface area contributed by atoms with Gasteiger partial charge in [0.05, 0.1) is 6.42 Å². The number of anilines is 1. The Morgan fingerprint density at radius 1 is 1.35 bits per heavy atom. The number of hydrogen-bond acceptors (Lipinski definition) is 5. The molecule has 0 aliphatic carbocycles. The molecule has 1 atom stereocenters. The number of aromatic hydroxyl groups is 1. The van der Waals surface area contributed by atoms with Gasteiger partial charge in [0.25, 0.3) is 0 Å². The van der Waals surface area contributed by atoms with Crippen molar-refractivity contribution in [3.05, 3.63) is 36.5 Å². The summed E-state index contributed by atoms with van der Waals surface area (Å²) in [5.74, 6) is -2.61. The van der Waals surface area contributed by atoms with Crippen LogP contribution in [0.2, 0.25) is 0 Å². The van der Waals surface area contributed by atoms with Crippen LogP contribution in [0.5, 0.6) is 5.75 Å². The zero-order chi connectivity index (χ0) is 17.3. The van der Waals surface area contributed by atoms with E-state index in [0.717, 1.165) is 10.8 Å². The third kappa shape index (κ3) is 3.26. The van der Waals surface area contributed by atoms with Crippen LogP contribution in [0.3, 0.4) is 0 Å². The van der Waals surface area contributed by atoms with E-state index >= 15 is 0 Å². The van der Waals surface area contributed by atoms with Crippen LogP contribution in [-0.2, 0) is 17.4 Å². The Kier molecular flexibility index (Phi) is 4.28. The van der Waals surface area contributed by atoms with E-state index < -0.39 is 35.7 Å². The van der Waals surface area contributed by atoms with Gasteiger partial charge in [-0.05, 0) is 12.1 Å². The van der Waals surface area contributed by atoms with Crippen molar-refractivity contribution in [3.8, 4) is 5.75 Å². The first-order valence-electron chi connectivity index (χ1n) is 6.36. The summed E-state index contributed by atoms with van der Waals surface area (Å²) in [6.07, 6.45) is -2.93. The number of hydrogen-bond donors (Lipinski definition) is 3. The van der Waals surface area contributed by atoms with Crippen molar-refractivity contribution < 1.29 is 28.2 Å². The number of aryl methyl sites for hydroxylation is 1. The van der Waals surface area contributed by atoms with Crippen molar-refractivity contribution in [1.29, 1.82) is 0 Å². The predicted octanol–water partition coefficient (Wildman–Crippen LogP) is 1.30. The highest BCUT2D eigenvalue weighted by Crippen LogP contribution is 2.41. The number of nitrogens with zero attached hydrogens (tertiary/aromatic N) is 3. The quantitative estimate of drug-likeness (QED) is 0.784. The molecule has 2 aromatic heterocycles. The second-order valence-corrected chi connectivity index (χ2v) is 4.82. The Morgan fingerprint density at radius 3 is 2.57 bits per heavy atom. The lowest BCUT2D eigenvalue weighted by molar-refractivity contribution is -0.270. The smallest absolute Gasteiger partial charge is 0.425 e. The van der Waals surface area contributed by atoms with Crippen LogP contribution >= 0.6 is 0 Å². The fourth-order valence-corrected chi connectivity index (χ4v) is 1.97. The normalized spacial score (nSPS) is 14.3. The maximum absolute atomic E-state index is 13.3. The second-order valence-electron chi connectivity index (χ2n) is 4.82. The largest absolute Gasteiger partial charge is 0.504 e. The minimum atomic E-state index is -5.13. The Bertz CT molecular complexity index is 716. The van der Waals surface area contributed by atoms with E-state index in [0.29, 0.717) is 0 Å². The van der Waals surface area contributed by atoms with Gasteiger partial charge < -0.3 is 20.1 Å². The molecule has 0 radical (unpaired) electrons. The SMILES string of the molecule is Cn1ccnc1[C@@](O)(CC(=O)Nc1ncccc1O)C(F)(F)F. The van der Waals surface area contributed by atoms with Gasteiger partial charge >= 0.3 is 6.18 Å². The molecule has 0 fully saturated rings. The van der Waals surface area contributed by atoms with E-state index in [-0.39, 0.29) is 5.82 Å². The first kappa shape index (κ1) is 16.7. The van der Waals surface area contributed by atoms with Crippen LogP contribution in [0.4, 0.5) is 19.0 Å². The van der Waals surface area contributed by atoms with Crippen LogP contribution in [0, 0.1) is 0 Å². The van der Waals surface area contributed by atoms with E-state index in [9.17, 15) is 28.2 Å². The molecule has 0 aromatic carbocycles. The Balaban J connectivity index is 2.28. The van der Waals surface area contributed by atoms with Crippen LogP contribution in [0.1, 0.15) is 12.2 Å². The summed E-state index contributed by atoms with van der Waals surface area (Å²) in [6.45, 7) is 0. The van der Waals surface area contributed by atoms with E-state index in [2.05, 4.69) is 9.97 Å². The number of pyridine rings is 1. The summed E-state index contributed by atoms with van der Waals surface area (Å²) < 4.78 is 40.8. The number of amides is 1. The molecular formula is C13H13F3N4O3. The Hall–Kier alpha value is -2.62. The summed E-state index contributed by atoms with van der Waals surface area (Å²) in [4.78, 5) is 19.0. The van der Waals surface area contributed by atoms with E-state index in [1.807, 2.05) is 5.32 Å². The fourth-order valence-electron chi connectivity index (χ4n) is 1.97. The van der Waals surface area contributed by atoms with Crippen molar-refractivity contribution in [2.24, 2.45) is 7.05 Å². The molecule has 3 N–H and O–H groups in total. The molecule has 7 nitrogen and oxygen atoms in total. The van der Waals surface area contributed by atoms with Crippen molar-refractivity contribution in [2.75, 3.05) is 5.32 Å². The molecule has 23 heavy (non-hydrogen) atoms. The molecule has 2 heterocycles. The van der Waals surface area contributed by atoms with Crippen LogP contribution in [-0.4, -0.2) is 36.8 Å². The molecule has 0 spiro atoms. The average molecular weight is 330 g/mol. The van der Waals surface area contributed by atoms with Gasteiger partial charge in [-0.3, -0.25) is 4.79 Å². The number of nitrogens with one attached hydrogen (secondary N) is 1. The molecule has 0 aliphatic heterocycles. The van der Waals surface area contributed by atoms with Gasteiger partial charge in [-0.15, -0.1) is 0 Å². The number of halogens is 3. The topological polar surface area (TPSA) is 100 Å². The van der Waals surface area contributed by atoms with Crippen LogP contribution in [0.15, 0.2) is 30.7 Å². The zero-order valence-electron chi connectivity index (χ0n) is 11.9. The third-order valence-corrected chi connectivity index (χ3v) is 3.12. The summed E-state index contributed by atoms with van der Waals surface area (Å²) in [7, 11) is 1.27. The first-order valence-corrected chi connectivity index (χ1v) is 6.36. The molecule has 2 rings (SSSR count).